The highest BCUT2D eigenvalue weighted by molar-refractivity contribution is 5.92. The van der Waals surface area contributed by atoms with Crippen LogP contribution in [0.15, 0.2) is 24.5 Å². The van der Waals surface area contributed by atoms with E-state index in [9.17, 15) is 9.59 Å². The highest BCUT2D eigenvalue weighted by atomic mass is 16.5. The van der Waals surface area contributed by atoms with E-state index in [2.05, 4.69) is 24.1 Å². The van der Waals surface area contributed by atoms with Gasteiger partial charge in [-0.05, 0) is 37.3 Å². The normalized spacial score (nSPS) is 26.0. The number of carbonyl (C=O) groups is 2. The second-order valence-electron chi connectivity index (χ2n) is 6.17. The van der Waals surface area contributed by atoms with Gasteiger partial charge in [-0.15, -0.1) is 0 Å². The van der Waals surface area contributed by atoms with E-state index in [0.717, 1.165) is 12.8 Å². The molecule has 1 saturated carbocycles. The minimum atomic E-state index is -0.801. The van der Waals surface area contributed by atoms with Gasteiger partial charge in [0.05, 0.1) is 5.56 Å². The molecule has 4 atom stereocenters. The highest BCUT2D eigenvalue weighted by Gasteiger charge is 2.30. The van der Waals surface area contributed by atoms with E-state index < -0.39 is 12.1 Å². The van der Waals surface area contributed by atoms with Crippen LogP contribution in [0.25, 0.3) is 0 Å². The Labute approximate surface area is 131 Å². The van der Waals surface area contributed by atoms with E-state index in [1.165, 1.54) is 18.8 Å². The number of ether oxygens (including phenoxy) is 1. The van der Waals surface area contributed by atoms with E-state index in [0.29, 0.717) is 17.4 Å². The molecule has 5 nitrogen and oxygen atoms in total. The lowest BCUT2D eigenvalue weighted by Crippen LogP contribution is -2.47. The molecule has 1 aromatic heterocycles. The first-order chi connectivity index (χ1) is 10.5. The number of aromatic nitrogens is 1. The van der Waals surface area contributed by atoms with Crippen LogP contribution in [0.2, 0.25) is 0 Å². The van der Waals surface area contributed by atoms with Gasteiger partial charge in [0.2, 0.25) is 0 Å². The van der Waals surface area contributed by atoms with Crippen LogP contribution in [0, 0.1) is 11.8 Å². The predicted octanol–water partition coefficient (Wildman–Crippen LogP) is 2.57. The van der Waals surface area contributed by atoms with E-state index in [4.69, 9.17) is 4.74 Å². The van der Waals surface area contributed by atoms with Crippen molar-refractivity contribution >= 4 is 11.9 Å². The number of amides is 1. The van der Waals surface area contributed by atoms with Crippen molar-refractivity contribution in [1.29, 1.82) is 0 Å². The first-order valence-electron chi connectivity index (χ1n) is 7.90. The van der Waals surface area contributed by atoms with Gasteiger partial charge in [-0.3, -0.25) is 9.78 Å². The van der Waals surface area contributed by atoms with Gasteiger partial charge in [0.15, 0.2) is 6.10 Å². The molecule has 0 bridgehead atoms. The summed E-state index contributed by atoms with van der Waals surface area (Å²) in [7, 11) is 0. The van der Waals surface area contributed by atoms with Crippen LogP contribution in [0.1, 0.15) is 50.4 Å². The average Bonchev–Trinajstić information content (AvgIpc) is 2.52. The van der Waals surface area contributed by atoms with Crippen LogP contribution >= 0.6 is 0 Å². The molecule has 2 rings (SSSR count). The number of hydrogen-bond acceptors (Lipinski definition) is 4. The molecule has 0 aliphatic heterocycles. The van der Waals surface area contributed by atoms with Crippen LogP contribution in [0.3, 0.4) is 0 Å². The molecular weight excluding hydrogens is 280 g/mol. The standard InChI is InChI=1S/C17H24N2O3/c1-11-5-4-6-15(12(11)2)19-16(20)13(3)22-17(21)14-7-9-18-10-8-14/h7-13,15H,4-6H2,1-3H3,(H,19,20)/t11-,12-,13-,15+/m1/s1. The maximum atomic E-state index is 12.2. The first-order valence-corrected chi connectivity index (χ1v) is 7.90. The highest BCUT2D eigenvalue weighted by Crippen LogP contribution is 2.29. The van der Waals surface area contributed by atoms with Crippen molar-refractivity contribution in [3.8, 4) is 0 Å². The number of pyridine rings is 1. The van der Waals surface area contributed by atoms with E-state index in [1.54, 1.807) is 19.1 Å². The topological polar surface area (TPSA) is 68.3 Å². The molecule has 1 N–H and O–H groups in total. The Balaban J connectivity index is 1.88. The van der Waals surface area contributed by atoms with Crippen molar-refractivity contribution in [2.75, 3.05) is 0 Å². The zero-order valence-corrected chi connectivity index (χ0v) is 13.4. The zero-order chi connectivity index (χ0) is 16.1. The van der Waals surface area contributed by atoms with Crippen molar-refractivity contribution in [1.82, 2.24) is 10.3 Å². The summed E-state index contributed by atoms with van der Waals surface area (Å²) in [6, 6.07) is 3.30. The van der Waals surface area contributed by atoms with E-state index >= 15 is 0 Å². The smallest absolute Gasteiger partial charge is 0.339 e. The number of rotatable bonds is 4. The van der Waals surface area contributed by atoms with Crippen molar-refractivity contribution < 1.29 is 14.3 Å². The van der Waals surface area contributed by atoms with Crippen LogP contribution in [0.4, 0.5) is 0 Å². The maximum Gasteiger partial charge on any atom is 0.339 e. The van der Waals surface area contributed by atoms with Crippen molar-refractivity contribution in [2.45, 2.75) is 52.2 Å². The summed E-state index contributed by atoms with van der Waals surface area (Å²) in [4.78, 5) is 28.0. The average molecular weight is 304 g/mol. The lowest BCUT2D eigenvalue weighted by molar-refractivity contribution is -0.130. The number of hydrogen-bond donors (Lipinski definition) is 1. The minimum Gasteiger partial charge on any atom is -0.449 e. The Kier molecular flexibility index (Phi) is 5.52. The van der Waals surface area contributed by atoms with Gasteiger partial charge < -0.3 is 10.1 Å². The molecular formula is C17H24N2O3. The molecule has 22 heavy (non-hydrogen) atoms. The summed E-state index contributed by atoms with van der Waals surface area (Å²) in [5, 5.41) is 3.03. The second-order valence-corrected chi connectivity index (χ2v) is 6.17. The Morgan fingerprint density at radius 3 is 2.64 bits per heavy atom. The van der Waals surface area contributed by atoms with Crippen molar-refractivity contribution in [3.05, 3.63) is 30.1 Å². The van der Waals surface area contributed by atoms with Gasteiger partial charge in [0.1, 0.15) is 0 Å². The molecule has 1 heterocycles. The third kappa shape index (κ3) is 4.06. The molecule has 0 spiro atoms. The summed E-state index contributed by atoms with van der Waals surface area (Å²) in [6.45, 7) is 5.99. The molecule has 5 heteroatoms. The Morgan fingerprint density at radius 2 is 1.95 bits per heavy atom. The molecule has 120 valence electrons. The summed E-state index contributed by atoms with van der Waals surface area (Å²) in [5.74, 6) is 0.318. The van der Waals surface area contributed by atoms with Gasteiger partial charge in [0.25, 0.3) is 5.91 Å². The van der Waals surface area contributed by atoms with Crippen molar-refractivity contribution in [3.63, 3.8) is 0 Å². The quantitative estimate of drug-likeness (QED) is 0.868. The Bertz CT molecular complexity index is 518. The van der Waals surface area contributed by atoms with Gasteiger partial charge in [-0.25, -0.2) is 4.79 Å². The molecule has 0 radical (unpaired) electrons. The fraction of sp³-hybridized carbons (Fsp3) is 0.588. The zero-order valence-electron chi connectivity index (χ0n) is 13.4. The first kappa shape index (κ1) is 16.5. The van der Waals surface area contributed by atoms with Gasteiger partial charge in [-0.1, -0.05) is 26.7 Å². The van der Waals surface area contributed by atoms with E-state index in [-0.39, 0.29) is 11.9 Å². The summed E-state index contributed by atoms with van der Waals surface area (Å²) >= 11 is 0. The van der Waals surface area contributed by atoms with Crippen LogP contribution < -0.4 is 5.32 Å². The maximum absolute atomic E-state index is 12.2. The molecule has 1 aromatic rings. The Hall–Kier alpha value is -1.91. The van der Waals surface area contributed by atoms with Gasteiger partial charge in [0, 0.05) is 18.4 Å². The lowest BCUT2D eigenvalue weighted by atomic mass is 9.78. The van der Waals surface area contributed by atoms with Crippen LogP contribution in [0.5, 0.6) is 0 Å². The number of esters is 1. The van der Waals surface area contributed by atoms with Crippen LogP contribution in [-0.4, -0.2) is 29.0 Å². The largest absolute Gasteiger partial charge is 0.449 e. The molecule has 1 aliphatic rings. The number of carbonyl (C=O) groups excluding carboxylic acids is 2. The molecule has 0 saturated heterocycles. The van der Waals surface area contributed by atoms with Crippen LogP contribution in [-0.2, 0) is 9.53 Å². The number of nitrogens with zero attached hydrogens (tertiary/aromatic N) is 1. The fourth-order valence-electron chi connectivity index (χ4n) is 2.86. The monoisotopic (exact) mass is 304 g/mol. The fourth-order valence-corrected chi connectivity index (χ4v) is 2.86. The minimum absolute atomic E-state index is 0.165. The SMILES string of the molecule is C[C@@H]1[C@H](C)CCC[C@@H]1NC(=O)[C@@H](C)OC(=O)c1ccncc1. The molecule has 0 unspecified atom stereocenters. The van der Waals surface area contributed by atoms with Gasteiger partial charge >= 0.3 is 5.97 Å². The second kappa shape index (κ2) is 7.38. The van der Waals surface area contributed by atoms with Gasteiger partial charge in [-0.2, -0.15) is 0 Å². The lowest BCUT2D eigenvalue weighted by Gasteiger charge is -2.35. The molecule has 1 fully saturated rings. The molecule has 1 aliphatic carbocycles. The molecule has 0 aromatic carbocycles. The number of nitrogens with one attached hydrogen (secondary N) is 1. The third-order valence-corrected chi connectivity index (χ3v) is 4.60. The summed E-state index contributed by atoms with van der Waals surface area (Å²) in [6.07, 6.45) is 5.56. The predicted molar refractivity (Wildman–Crippen MR) is 83.2 cm³/mol. The third-order valence-electron chi connectivity index (χ3n) is 4.60. The van der Waals surface area contributed by atoms with Crippen molar-refractivity contribution in [2.24, 2.45) is 11.8 Å². The summed E-state index contributed by atoms with van der Waals surface area (Å²) in [5.41, 5.74) is 0.398. The Morgan fingerprint density at radius 1 is 1.27 bits per heavy atom. The summed E-state index contributed by atoms with van der Waals surface area (Å²) < 4.78 is 5.22. The molecule has 1 amide bonds. The van der Waals surface area contributed by atoms with E-state index in [1.807, 2.05) is 0 Å².